The zero-order valence-electron chi connectivity index (χ0n) is 11.7. The third-order valence-corrected chi connectivity index (χ3v) is 3.09. The highest BCUT2D eigenvalue weighted by atomic mass is 16.5. The van der Waals surface area contributed by atoms with E-state index in [1.807, 2.05) is 0 Å². The van der Waals surface area contributed by atoms with Crippen LogP contribution in [0, 0.1) is 5.92 Å². The maximum atomic E-state index is 9.30. The van der Waals surface area contributed by atoms with Crippen LogP contribution in [0.2, 0.25) is 0 Å². The molecule has 0 radical (unpaired) electrons. The Morgan fingerprint density at radius 1 is 1.47 bits per heavy atom. The minimum Gasteiger partial charge on any atom is -0.395 e. The van der Waals surface area contributed by atoms with E-state index in [1.54, 1.807) is 0 Å². The van der Waals surface area contributed by atoms with Crippen molar-refractivity contribution in [1.82, 2.24) is 10.2 Å². The van der Waals surface area contributed by atoms with E-state index < -0.39 is 0 Å². The summed E-state index contributed by atoms with van der Waals surface area (Å²) in [5, 5.41) is 12.8. The molecule has 1 heterocycles. The lowest BCUT2D eigenvalue weighted by atomic mass is 10.1. The van der Waals surface area contributed by atoms with Gasteiger partial charge in [-0.25, -0.2) is 0 Å². The lowest BCUT2D eigenvalue weighted by molar-refractivity contribution is -0.0326. The maximum Gasteiger partial charge on any atom is 0.0644 e. The zero-order chi connectivity index (χ0) is 12.9. The molecule has 2 N–H and O–H groups in total. The standard InChI is InChI=1S/C13H28N2O2/c1-11(7-14-13(2,3)4)8-15-5-6-17-10-12(15)9-16/h11-12,14,16H,5-10H2,1-4H3. The number of aliphatic hydroxyl groups excluding tert-OH is 1. The first-order valence-corrected chi connectivity index (χ1v) is 6.60. The lowest BCUT2D eigenvalue weighted by Gasteiger charge is -2.36. The molecule has 1 aliphatic rings. The Hall–Kier alpha value is -0.160. The molecule has 2 atom stereocenters. The molecule has 0 aliphatic carbocycles. The topological polar surface area (TPSA) is 44.7 Å². The highest BCUT2D eigenvalue weighted by Gasteiger charge is 2.23. The van der Waals surface area contributed by atoms with Gasteiger partial charge in [0.15, 0.2) is 0 Å². The normalized spacial score (nSPS) is 24.9. The number of aliphatic hydroxyl groups is 1. The van der Waals surface area contributed by atoms with Crippen LogP contribution in [-0.4, -0.2) is 61.0 Å². The number of ether oxygens (including phenoxy) is 1. The van der Waals surface area contributed by atoms with Crippen molar-refractivity contribution in [3.63, 3.8) is 0 Å². The van der Waals surface area contributed by atoms with E-state index in [0.29, 0.717) is 12.5 Å². The zero-order valence-corrected chi connectivity index (χ0v) is 11.7. The summed E-state index contributed by atoms with van der Waals surface area (Å²) in [6, 6.07) is 0.181. The molecule has 0 amide bonds. The highest BCUT2D eigenvalue weighted by Crippen LogP contribution is 2.10. The molecule has 1 fully saturated rings. The molecule has 1 rings (SSSR count). The molecule has 0 aromatic heterocycles. The smallest absolute Gasteiger partial charge is 0.0644 e. The van der Waals surface area contributed by atoms with Crippen LogP contribution >= 0.6 is 0 Å². The van der Waals surface area contributed by atoms with Gasteiger partial charge in [-0.05, 0) is 33.2 Å². The summed E-state index contributed by atoms with van der Waals surface area (Å²) in [7, 11) is 0. The van der Waals surface area contributed by atoms with Crippen molar-refractivity contribution in [2.24, 2.45) is 5.92 Å². The van der Waals surface area contributed by atoms with E-state index in [1.165, 1.54) is 0 Å². The third-order valence-electron chi connectivity index (χ3n) is 3.09. The van der Waals surface area contributed by atoms with Crippen LogP contribution in [0.3, 0.4) is 0 Å². The lowest BCUT2D eigenvalue weighted by Crippen LogP contribution is -2.50. The summed E-state index contributed by atoms with van der Waals surface area (Å²) < 4.78 is 5.38. The molecule has 17 heavy (non-hydrogen) atoms. The highest BCUT2D eigenvalue weighted by molar-refractivity contribution is 4.78. The minimum atomic E-state index is 0.176. The van der Waals surface area contributed by atoms with Gasteiger partial charge in [-0.3, -0.25) is 4.90 Å². The van der Waals surface area contributed by atoms with E-state index in [2.05, 4.69) is 37.9 Å². The first kappa shape index (κ1) is 14.9. The number of nitrogens with one attached hydrogen (secondary N) is 1. The van der Waals surface area contributed by atoms with E-state index in [-0.39, 0.29) is 18.2 Å². The molecule has 102 valence electrons. The molecular formula is C13H28N2O2. The van der Waals surface area contributed by atoms with Gasteiger partial charge >= 0.3 is 0 Å². The second-order valence-electron chi connectivity index (χ2n) is 6.14. The van der Waals surface area contributed by atoms with Crippen molar-refractivity contribution >= 4 is 0 Å². The number of morpholine rings is 1. The monoisotopic (exact) mass is 244 g/mol. The van der Waals surface area contributed by atoms with Gasteiger partial charge in [0.2, 0.25) is 0 Å². The van der Waals surface area contributed by atoms with Crippen LogP contribution in [0.1, 0.15) is 27.7 Å². The Morgan fingerprint density at radius 2 is 2.18 bits per heavy atom. The first-order valence-electron chi connectivity index (χ1n) is 6.60. The summed E-state index contributed by atoms with van der Waals surface area (Å²) in [5.41, 5.74) is 0.176. The van der Waals surface area contributed by atoms with Crippen LogP contribution < -0.4 is 5.32 Å². The number of rotatable bonds is 5. The molecule has 4 heteroatoms. The second kappa shape index (κ2) is 6.69. The first-order chi connectivity index (χ1) is 7.92. The van der Waals surface area contributed by atoms with Crippen molar-refractivity contribution < 1.29 is 9.84 Å². The molecule has 2 unspecified atom stereocenters. The van der Waals surface area contributed by atoms with Crippen LogP contribution in [0.5, 0.6) is 0 Å². The van der Waals surface area contributed by atoms with Gasteiger partial charge in [0.25, 0.3) is 0 Å². The van der Waals surface area contributed by atoms with E-state index in [0.717, 1.165) is 26.2 Å². The van der Waals surface area contributed by atoms with E-state index >= 15 is 0 Å². The molecule has 1 saturated heterocycles. The van der Waals surface area contributed by atoms with Gasteiger partial charge in [-0.1, -0.05) is 6.92 Å². The maximum absolute atomic E-state index is 9.30. The SMILES string of the molecule is CC(CNC(C)(C)C)CN1CCOCC1CO. The van der Waals surface area contributed by atoms with Crippen molar-refractivity contribution in [3.8, 4) is 0 Å². The van der Waals surface area contributed by atoms with Crippen molar-refractivity contribution in [3.05, 3.63) is 0 Å². The fourth-order valence-electron chi connectivity index (χ4n) is 2.04. The van der Waals surface area contributed by atoms with Crippen molar-refractivity contribution in [2.45, 2.75) is 39.3 Å². The summed E-state index contributed by atoms with van der Waals surface area (Å²) >= 11 is 0. The minimum absolute atomic E-state index is 0.176. The molecular weight excluding hydrogens is 216 g/mol. The Bertz CT molecular complexity index is 216. The fourth-order valence-corrected chi connectivity index (χ4v) is 2.04. The van der Waals surface area contributed by atoms with Crippen LogP contribution in [-0.2, 0) is 4.74 Å². The predicted octanol–water partition coefficient (Wildman–Crippen LogP) is 0.704. The predicted molar refractivity (Wildman–Crippen MR) is 70.2 cm³/mol. The summed E-state index contributed by atoms with van der Waals surface area (Å²) in [6.07, 6.45) is 0. The number of hydrogen-bond acceptors (Lipinski definition) is 4. The Balaban J connectivity index is 2.31. The van der Waals surface area contributed by atoms with E-state index in [9.17, 15) is 5.11 Å². The summed E-state index contributed by atoms with van der Waals surface area (Å²) in [5.74, 6) is 0.585. The van der Waals surface area contributed by atoms with Crippen LogP contribution in [0.15, 0.2) is 0 Å². The molecule has 1 aliphatic heterocycles. The van der Waals surface area contributed by atoms with Gasteiger partial charge in [-0.2, -0.15) is 0 Å². The average Bonchev–Trinajstić information content (AvgIpc) is 2.26. The molecule has 0 spiro atoms. The van der Waals surface area contributed by atoms with Crippen molar-refractivity contribution in [1.29, 1.82) is 0 Å². The van der Waals surface area contributed by atoms with Gasteiger partial charge in [0.1, 0.15) is 0 Å². The van der Waals surface area contributed by atoms with Crippen molar-refractivity contribution in [2.75, 3.05) is 39.5 Å². The third kappa shape index (κ3) is 5.82. The van der Waals surface area contributed by atoms with Gasteiger partial charge in [0, 0.05) is 18.6 Å². The fraction of sp³-hybridized carbons (Fsp3) is 1.00. The van der Waals surface area contributed by atoms with Gasteiger partial charge < -0.3 is 15.2 Å². The Kier molecular flexibility index (Phi) is 5.86. The Morgan fingerprint density at radius 3 is 2.76 bits per heavy atom. The van der Waals surface area contributed by atoms with Crippen LogP contribution in [0.25, 0.3) is 0 Å². The summed E-state index contributed by atoms with van der Waals surface area (Å²) in [4.78, 5) is 2.35. The molecule has 0 aromatic carbocycles. The molecule has 0 bridgehead atoms. The van der Waals surface area contributed by atoms with E-state index in [4.69, 9.17) is 4.74 Å². The number of hydrogen-bond donors (Lipinski definition) is 2. The second-order valence-corrected chi connectivity index (χ2v) is 6.14. The molecule has 0 aromatic rings. The molecule has 4 nitrogen and oxygen atoms in total. The average molecular weight is 244 g/mol. The van der Waals surface area contributed by atoms with Crippen LogP contribution in [0.4, 0.5) is 0 Å². The summed E-state index contributed by atoms with van der Waals surface area (Å²) in [6.45, 7) is 13.4. The largest absolute Gasteiger partial charge is 0.395 e. The Labute approximate surface area is 105 Å². The number of nitrogens with zero attached hydrogens (tertiary/aromatic N) is 1. The van der Waals surface area contributed by atoms with Gasteiger partial charge in [0.05, 0.1) is 25.9 Å². The van der Waals surface area contributed by atoms with Gasteiger partial charge in [-0.15, -0.1) is 0 Å². The quantitative estimate of drug-likeness (QED) is 0.747. The molecule has 0 saturated carbocycles.